The molecule has 0 spiro atoms. The van der Waals surface area contributed by atoms with Crippen LogP contribution in [-0.4, -0.2) is 24.9 Å². The van der Waals surface area contributed by atoms with Gasteiger partial charge in [-0.05, 0) is 17.7 Å². The van der Waals surface area contributed by atoms with Gasteiger partial charge in [0.2, 0.25) is 5.91 Å². The molecular formula is C13H12ClNO4. The van der Waals surface area contributed by atoms with E-state index in [2.05, 4.69) is 10.1 Å². The largest absolute Gasteiger partial charge is 0.466 e. The Kier molecular flexibility index (Phi) is 5.75. The number of imide groups is 1. The Morgan fingerprint density at radius 1 is 1.21 bits per heavy atom. The Balaban J connectivity index is 2.47. The molecule has 0 atom stereocenters. The molecule has 1 aromatic carbocycles. The fraction of sp³-hybridized carbons (Fsp3) is 0.154. The standard InChI is InChI=1S/C13H12ClNO4/c1-19-13(18)7-6-11(16)15-12(17)8-9-2-4-10(14)5-3-9/h2-7H,8H2,1H3,(H,15,16,17)/b7-6+. The first-order chi connectivity index (χ1) is 9.01. The number of nitrogens with one attached hydrogen (secondary N) is 1. The lowest BCUT2D eigenvalue weighted by molar-refractivity contribution is -0.135. The highest BCUT2D eigenvalue weighted by atomic mass is 35.5. The van der Waals surface area contributed by atoms with Crippen molar-refractivity contribution in [2.45, 2.75) is 6.42 Å². The van der Waals surface area contributed by atoms with E-state index in [9.17, 15) is 14.4 Å². The van der Waals surface area contributed by atoms with E-state index in [1.54, 1.807) is 24.3 Å². The summed E-state index contributed by atoms with van der Waals surface area (Å²) in [6.07, 6.45) is 1.92. The average molecular weight is 282 g/mol. The quantitative estimate of drug-likeness (QED) is 0.666. The lowest BCUT2D eigenvalue weighted by atomic mass is 10.1. The summed E-state index contributed by atoms with van der Waals surface area (Å²) in [5.41, 5.74) is 0.728. The Morgan fingerprint density at radius 3 is 2.42 bits per heavy atom. The van der Waals surface area contributed by atoms with Crippen LogP contribution >= 0.6 is 11.6 Å². The molecule has 6 heteroatoms. The zero-order valence-corrected chi connectivity index (χ0v) is 10.9. The molecule has 100 valence electrons. The van der Waals surface area contributed by atoms with E-state index in [1.165, 1.54) is 7.11 Å². The maximum absolute atomic E-state index is 11.5. The van der Waals surface area contributed by atoms with Crippen molar-refractivity contribution in [2.24, 2.45) is 0 Å². The minimum absolute atomic E-state index is 0.0506. The number of esters is 1. The maximum Gasteiger partial charge on any atom is 0.330 e. The second-order valence-electron chi connectivity index (χ2n) is 3.57. The highest BCUT2D eigenvalue weighted by Crippen LogP contribution is 2.09. The van der Waals surface area contributed by atoms with Crippen LogP contribution in [0.15, 0.2) is 36.4 Å². The number of hydrogen-bond acceptors (Lipinski definition) is 4. The number of methoxy groups -OCH3 is 1. The van der Waals surface area contributed by atoms with Gasteiger partial charge in [0.1, 0.15) is 0 Å². The minimum atomic E-state index is -0.677. The monoisotopic (exact) mass is 281 g/mol. The van der Waals surface area contributed by atoms with Crippen LogP contribution in [0.4, 0.5) is 0 Å². The number of carbonyl (C=O) groups is 3. The Labute approximate surface area is 115 Å². The van der Waals surface area contributed by atoms with Gasteiger partial charge in [-0.3, -0.25) is 14.9 Å². The zero-order chi connectivity index (χ0) is 14.3. The van der Waals surface area contributed by atoms with Crippen LogP contribution in [0, 0.1) is 0 Å². The molecule has 1 N–H and O–H groups in total. The second kappa shape index (κ2) is 7.33. The predicted molar refractivity (Wildman–Crippen MR) is 69.5 cm³/mol. The van der Waals surface area contributed by atoms with Crippen molar-refractivity contribution < 1.29 is 19.1 Å². The van der Waals surface area contributed by atoms with Crippen LogP contribution in [0.5, 0.6) is 0 Å². The van der Waals surface area contributed by atoms with Gasteiger partial charge in [-0.2, -0.15) is 0 Å². The molecule has 0 bridgehead atoms. The first-order valence-corrected chi connectivity index (χ1v) is 5.73. The first kappa shape index (κ1) is 14.9. The fourth-order valence-corrected chi connectivity index (χ4v) is 1.35. The summed E-state index contributed by atoms with van der Waals surface area (Å²) in [6, 6.07) is 6.69. The molecule has 2 amide bonds. The van der Waals surface area contributed by atoms with Crippen LogP contribution in [-0.2, 0) is 25.5 Å². The molecule has 0 radical (unpaired) electrons. The molecule has 0 saturated carbocycles. The summed E-state index contributed by atoms with van der Waals surface area (Å²) in [6.45, 7) is 0. The number of carbonyl (C=O) groups excluding carboxylic acids is 3. The van der Waals surface area contributed by atoms with Gasteiger partial charge < -0.3 is 4.74 Å². The third-order valence-electron chi connectivity index (χ3n) is 2.11. The van der Waals surface area contributed by atoms with E-state index < -0.39 is 17.8 Å². The zero-order valence-electron chi connectivity index (χ0n) is 10.2. The van der Waals surface area contributed by atoms with Crippen LogP contribution < -0.4 is 5.32 Å². The van der Waals surface area contributed by atoms with Crippen LogP contribution in [0.3, 0.4) is 0 Å². The third kappa shape index (κ3) is 5.83. The second-order valence-corrected chi connectivity index (χ2v) is 4.01. The lowest BCUT2D eigenvalue weighted by Crippen LogP contribution is -2.30. The average Bonchev–Trinajstić information content (AvgIpc) is 2.38. The molecule has 0 aliphatic rings. The van der Waals surface area contributed by atoms with Gasteiger partial charge in [-0.25, -0.2) is 4.79 Å². The Morgan fingerprint density at radius 2 is 1.84 bits per heavy atom. The van der Waals surface area contributed by atoms with Crippen molar-refractivity contribution in [3.8, 4) is 0 Å². The molecule has 0 saturated heterocycles. The predicted octanol–water partition coefficient (Wildman–Crippen LogP) is 1.25. The van der Waals surface area contributed by atoms with E-state index in [0.29, 0.717) is 5.02 Å². The van der Waals surface area contributed by atoms with Crippen LogP contribution in [0.2, 0.25) is 5.02 Å². The maximum atomic E-state index is 11.5. The van der Waals surface area contributed by atoms with Gasteiger partial charge in [0, 0.05) is 17.2 Å². The molecule has 0 aromatic heterocycles. The SMILES string of the molecule is COC(=O)/C=C/C(=O)NC(=O)Cc1ccc(Cl)cc1. The summed E-state index contributed by atoms with van der Waals surface area (Å²) < 4.78 is 4.31. The summed E-state index contributed by atoms with van der Waals surface area (Å²) in [5.74, 6) is -1.81. The van der Waals surface area contributed by atoms with Crippen molar-refractivity contribution in [1.82, 2.24) is 5.32 Å². The summed E-state index contributed by atoms with van der Waals surface area (Å²) in [5, 5.41) is 2.69. The molecule has 19 heavy (non-hydrogen) atoms. The van der Waals surface area contributed by atoms with Gasteiger partial charge in [-0.1, -0.05) is 23.7 Å². The van der Waals surface area contributed by atoms with E-state index in [1.807, 2.05) is 0 Å². The van der Waals surface area contributed by atoms with Gasteiger partial charge >= 0.3 is 5.97 Å². The van der Waals surface area contributed by atoms with Crippen molar-refractivity contribution in [3.63, 3.8) is 0 Å². The highest BCUT2D eigenvalue weighted by molar-refractivity contribution is 6.30. The molecule has 0 aliphatic carbocycles. The topological polar surface area (TPSA) is 72.5 Å². The van der Waals surface area contributed by atoms with Gasteiger partial charge in [0.05, 0.1) is 13.5 Å². The molecule has 0 aliphatic heterocycles. The van der Waals surface area contributed by atoms with E-state index in [4.69, 9.17) is 11.6 Å². The van der Waals surface area contributed by atoms with Crippen LogP contribution in [0.25, 0.3) is 0 Å². The third-order valence-corrected chi connectivity index (χ3v) is 2.36. The number of hydrogen-bond donors (Lipinski definition) is 1. The molecule has 0 unspecified atom stereocenters. The molecule has 0 heterocycles. The van der Waals surface area contributed by atoms with Crippen molar-refractivity contribution in [3.05, 3.63) is 47.0 Å². The van der Waals surface area contributed by atoms with E-state index >= 15 is 0 Å². The molecule has 0 fully saturated rings. The van der Waals surface area contributed by atoms with Gasteiger partial charge in [-0.15, -0.1) is 0 Å². The Hall–Kier alpha value is -2.14. The summed E-state index contributed by atoms with van der Waals surface area (Å²) in [4.78, 5) is 33.5. The van der Waals surface area contributed by atoms with Crippen molar-refractivity contribution in [2.75, 3.05) is 7.11 Å². The van der Waals surface area contributed by atoms with Crippen molar-refractivity contribution in [1.29, 1.82) is 0 Å². The smallest absolute Gasteiger partial charge is 0.330 e. The fourth-order valence-electron chi connectivity index (χ4n) is 1.22. The normalized spacial score (nSPS) is 10.2. The van der Waals surface area contributed by atoms with Gasteiger partial charge in [0.15, 0.2) is 0 Å². The van der Waals surface area contributed by atoms with Gasteiger partial charge in [0.25, 0.3) is 5.91 Å². The van der Waals surface area contributed by atoms with Crippen LogP contribution in [0.1, 0.15) is 5.56 Å². The van der Waals surface area contributed by atoms with Crippen molar-refractivity contribution >= 4 is 29.4 Å². The molecular weight excluding hydrogens is 270 g/mol. The minimum Gasteiger partial charge on any atom is -0.466 e. The number of ether oxygens (including phenoxy) is 1. The highest BCUT2D eigenvalue weighted by Gasteiger charge is 2.06. The van der Waals surface area contributed by atoms with E-state index in [-0.39, 0.29) is 6.42 Å². The summed E-state index contributed by atoms with van der Waals surface area (Å²) >= 11 is 5.71. The van der Waals surface area contributed by atoms with E-state index in [0.717, 1.165) is 17.7 Å². The Bertz CT molecular complexity index is 508. The summed E-state index contributed by atoms with van der Waals surface area (Å²) in [7, 11) is 1.19. The number of halogens is 1. The number of amides is 2. The number of benzene rings is 1. The lowest BCUT2D eigenvalue weighted by Gasteiger charge is -2.01. The molecule has 5 nitrogen and oxygen atoms in total. The molecule has 1 aromatic rings. The first-order valence-electron chi connectivity index (χ1n) is 5.35. The number of rotatable bonds is 4. The molecule has 1 rings (SSSR count).